The van der Waals surface area contributed by atoms with Gasteiger partial charge in [-0.15, -0.1) is 11.3 Å². The van der Waals surface area contributed by atoms with E-state index in [-0.39, 0.29) is 5.56 Å². The fourth-order valence-corrected chi connectivity index (χ4v) is 2.31. The molecule has 0 aliphatic rings. The second kappa shape index (κ2) is 4.04. The zero-order valence-electron chi connectivity index (χ0n) is 8.70. The summed E-state index contributed by atoms with van der Waals surface area (Å²) < 4.78 is 1.52. The average molecular weight is 223 g/mol. The highest BCUT2D eigenvalue weighted by molar-refractivity contribution is 7.13. The van der Waals surface area contributed by atoms with Crippen LogP contribution in [-0.4, -0.2) is 16.8 Å². The molecule has 0 aliphatic heterocycles. The Morgan fingerprint density at radius 3 is 3.00 bits per heavy atom. The number of hydrogen-bond acceptors (Lipinski definition) is 3. The lowest BCUT2D eigenvalue weighted by atomic mass is 10.2. The normalized spacial score (nSPS) is 10.8. The lowest BCUT2D eigenvalue weighted by molar-refractivity contribution is 0.734. The fraction of sp³-hybridized carbons (Fsp3) is 0.300. The van der Waals surface area contributed by atoms with Crippen molar-refractivity contribution >= 4 is 11.3 Å². The Kier molecular flexibility index (Phi) is 2.75. The standard InChI is InChI=1S/C10H13N3OS/c1-11-6-7-9(8-4-3-5-15-8)12-13(2)10(7)14/h3-5,11-12H,6H2,1-2H3. The van der Waals surface area contributed by atoms with Gasteiger partial charge >= 0.3 is 0 Å². The van der Waals surface area contributed by atoms with Crippen LogP contribution in [0.3, 0.4) is 0 Å². The number of hydrogen-bond donors (Lipinski definition) is 2. The van der Waals surface area contributed by atoms with Crippen LogP contribution in [0.5, 0.6) is 0 Å². The number of nitrogens with zero attached hydrogens (tertiary/aromatic N) is 1. The molecule has 0 amide bonds. The molecule has 15 heavy (non-hydrogen) atoms. The van der Waals surface area contributed by atoms with E-state index >= 15 is 0 Å². The van der Waals surface area contributed by atoms with E-state index < -0.39 is 0 Å². The van der Waals surface area contributed by atoms with E-state index in [9.17, 15) is 4.79 Å². The van der Waals surface area contributed by atoms with Gasteiger partial charge in [-0.2, -0.15) is 0 Å². The Morgan fingerprint density at radius 1 is 1.60 bits per heavy atom. The van der Waals surface area contributed by atoms with Crippen LogP contribution in [0.15, 0.2) is 22.3 Å². The molecule has 2 aromatic heterocycles. The predicted octanol–water partition coefficient (Wildman–Crippen LogP) is 1.16. The van der Waals surface area contributed by atoms with Crippen LogP contribution in [0.2, 0.25) is 0 Å². The maximum Gasteiger partial charge on any atom is 0.271 e. The number of H-pyrrole nitrogens is 1. The highest BCUT2D eigenvalue weighted by atomic mass is 32.1. The zero-order valence-corrected chi connectivity index (χ0v) is 9.52. The second-order valence-corrected chi connectivity index (χ2v) is 4.28. The average Bonchev–Trinajstić information content (AvgIpc) is 2.81. The quantitative estimate of drug-likeness (QED) is 0.820. The minimum atomic E-state index is 0.0350. The van der Waals surface area contributed by atoms with Gasteiger partial charge in [0.15, 0.2) is 0 Å². The summed E-state index contributed by atoms with van der Waals surface area (Å²) in [6, 6.07) is 3.99. The summed E-state index contributed by atoms with van der Waals surface area (Å²) in [7, 11) is 3.57. The molecule has 80 valence electrons. The Bertz CT molecular complexity index is 495. The van der Waals surface area contributed by atoms with Crippen LogP contribution in [0.25, 0.3) is 10.6 Å². The number of aryl methyl sites for hydroxylation is 1. The van der Waals surface area contributed by atoms with Gasteiger partial charge in [0.05, 0.1) is 16.1 Å². The molecular formula is C10H13N3OS. The Hall–Kier alpha value is -1.33. The van der Waals surface area contributed by atoms with Gasteiger partial charge in [0.25, 0.3) is 5.56 Å². The summed E-state index contributed by atoms with van der Waals surface area (Å²) in [6.45, 7) is 0.587. The molecule has 0 saturated carbocycles. The van der Waals surface area contributed by atoms with E-state index in [1.807, 2.05) is 24.6 Å². The van der Waals surface area contributed by atoms with Crippen LogP contribution in [0.4, 0.5) is 0 Å². The summed E-state index contributed by atoms with van der Waals surface area (Å²) in [4.78, 5) is 12.9. The first-order valence-corrected chi connectivity index (χ1v) is 5.58. The molecule has 0 spiro atoms. The van der Waals surface area contributed by atoms with E-state index in [1.54, 1.807) is 18.4 Å². The zero-order chi connectivity index (χ0) is 10.8. The van der Waals surface area contributed by atoms with Crippen LogP contribution in [0.1, 0.15) is 5.56 Å². The fourth-order valence-electron chi connectivity index (χ4n) is 1.56. The molecule has 0 bridgehead atoms. The summed E-state index contributed by atoms with van der Waals surface area (Å²) in [5.41, 5.74) is 1.75. The molecule has 2 N–H and O–H groups in total. The Balaban J connectivity index is 2.56. The van der Waals surface area contributed by atoms with Crippen LogP contribution >= 0.6 is 11.3 Å². The first kappa shape index (κ1) is 10.2. The van der Waals surface area contributed by atoms with Gasteiger partial charge in [0, 0.05) is 13.6 Å². The second-order valence-electron chi connectivity index (χ2n) is 3.34. The van der Waals surface area contributed by atoms with E-state index in [0.717, 1.165) is 16.1 Å². The molecule has 0 fully saturated rings. The molecule has 2 rings (SSSR count). The van der Waals surface area contributed by atoms with E-state index in [2.05, 4.69) is 10.4 Å². The van der Waals surface area contributed by atoms with E-state index in [0.29, 0.717) is 6.54 Å². The van der Waals surface area contributed by atoms with Gasteiger partial charge in [-0.05, 0) is 18.5 Å². The molecule has 0 unspecified atom stereocenters. The monoisotopic (exact) mass is 223 g/mol. The molecule has 0 saturated heterocycles. The van der Waals surface area contributed by atoms with Gasteiger partial charge in [0.1, 0.15) is 0 Å². The van der Waals surface area contributed by atoms with Gasteiger partial charge in [-0.25, -0.2) is 0 Å². The SMILES string of the molecule is CNCc1c(-c2cccs2)[nH]n(C)c1=O. The van der Waals surface area contributed by atoms with Crippen molar-refractivity contribution in [2.24, 2.45) is 7.05 Å². The maximum absolute atomic E-state index is 11.8. The first-order valence-electron chi connectivity index (χ1n) is 4.70. The van der Waals surface area contributed by atoms with Crippen LogP contribution in [0, 0.1) is 0 Å². The molecule has 0 radical (unpaired) electrons. The van der Waals surface area contributed by atoms with Crippen LogP contribution < -0.4 is 10.9 Å². The molecule has 0 atom stereocenters. The smallest absolute Gasteiger partial charge is 0.271 e. The summed E-state index contributed by atoms with van der Waals surface area (Å²) in [5, 5.41) is 8.09. The van der Waals surface area contributed by atoms with Gasteiger partial charge < -0.3 is 5.32 Å². The molecule has 2 heterocycles. The largest absolute Gasteiger partial charge is 0.315 e. The van der Waals surface area contributed by atoms with Crippen molar-refractivity contribution in [3.05, 3.63) is 33.4 Å². The van der Waals surface area contributed by atoms with Crippen molar-refractivity contribution in [1.29, 1.82) is 0 Å². The highest BCUT2D eigenvalue weighted by Gasteiger charge is 2.13. The highest BCUT2D eigenvalue weighted by Crippen LogP contribution is 2.24. The van der Waals surface area contributed by atoms with Gasteiger partial charge in [0.2, 0.25) is 0 Å². The molecule has 0 aliphatic carbocycles. The minimum absolute atomic E-state index is 0.0350. The number of thiophene rings is 1. The lowest BCUT2D eigenvalue weighted by Gasteiger charge is -1.97. The van der Waals surface area contributed by atoms with Gasteiger partial charge in [-0.1, -0.05) is 6.07 Å². The van der Waals surface area contributed by atoms with Crippen molar-refractivity contribution in [1.82, 2.24) is 15.1 Å². The third kappa shape index (κ3) is 1.75. The number of nitrogens with one attached hydrogen (secondary N) is 2. The molecule has 5 heteroatoms. The van der Waals surface area contributed by atoms with Crippen molar-refractivity contribution in [3.8, 4) is 10.6 Å². The van der Waals surface area contributed by atoms with E-state index in [4.69, 9.17) is 0 Å². The summed E-state index contributed by atoms with van der Waals surface area (Å²) >= 11 is 1.63. The first-order chi connectivity index (χ1) is 7.24. The number of rotatable bonds is 3. The molecule has 4 nitrogen and oxygen atoms in total. The number of aromatic amines is 1. The minimum Gasteiger partial charge on any atom is -0.315 e. The summed E-state index contributed by atoms with van der Waals surface area (Å²) in [5.74, 6) is 0. The molecule has 2 aromatic rings. The van der Waals surface area contributed by atoms with Crippen LogP contribution in [-0.2, 0) is 13.6 Å². The lowest BCUT2D eigenvalue weighted by Crippen LogP contribution is -2.19. The Labute approximate surface area is 91.5 Å². The van der Waals surface area contributed by atoms with Crippen molar-refractivity contribution in [3.63, 3.8) is 0 Å². The predicted molar refractivity (Wildman–Crippen MR) is 62.1 cm³/mol. The topological polar surface area (TPSA) is 49.8 Å². The summed E-state index contributed by atoms with van der Waals surface area (Å²) in [6.07, 6.45) is 0. The molecular weight excluding hydrogens is 210 g/mol. The molecule has 0 aromatic carbocycles. The maximum atomic E-state index is 11.8. The van der Waals surface area contributed by atoms with Crippen molar-refractivity contribution in [2.45, 2.75) is 6.54 Å². The van der Waals surface area contributed by atoms with Crippen molar-refractivity contribution in [2.75, 3.05) is 7.05 Å². The third-order valence-electron chi connectivity index (χ3n) is 2.27. The Morgan fingerprint density at radius 2 is 2.40 bits per heavy atom. The number of aromatic nitrogens is 2. The van der Waals surface area contributed by atoms with Crippen molar-refractivity contribution < 1.29 is 0 Å². The van der Waals surface area contributed by atoms with E-state index in [1.165, 1.54) is 4.68 Å². The third-order valence-corrected chi connectivity index (χ3v) is 3.15. The van der Waals surface area contributed by atoms with Gasteiger partial charge in [-0.3, -0.25) is 14.6 Å².